The fraction of sp³-hybridized carbons (Fsp3) is 0.600. The topological polar surface area (TPSA) is 24.5 Å². The maximum Gasteiger partial charge on any atom is 0.0762 e. The zero-order valence-electron chi connectivity index (χ0n) is 11.9. The molecule has 2 rings (SSSR count). The summed E-state index contributed by atoms with van der Waals surface area (Å²) < 4.78 is 6.60. The van der Waals surface area contributed by atoms with E-state index < -0.39 is 0 Å². The summed E-state index contributed by atoms with van der Waals surface area (Å²) >= 11 is 3.58. The number of benzene rings is 1. The van der Waals surface area contributed by atoms with Crippen LogP contribution in [0.3, 0.4) is 0 Å². The Labute approximate surface area is 124 Å². The number of nitrogens with zero attached hydrogens (tertiary/aromatic N) is 1. The maximum absolute atomic E-state index is 5.46. The Kier molecular flexibility index (Phi) is 5.25. The number of anilines is 1. The van der Waals surface area contributed by atoms with Crippen molar-refractivity contribution in [3.63, 3.8) is 0 Å². The van der Waals surface area contributed by atoms with Crippen molar-refractivity contribution in [3.8, 4) is 0 Å². The molecule has 1 atom stereocenters. The second-order valence-corrected chi connectivity index (χ2v) is 6.32. The van der Waals surface area contributed by atoms with Gasteiger partial charge in [0.05, 0.1) is 6.10 Å². The lowest BCUT2D eigenvalue weighted by Crippen LogP contribution is -2.26. The first-order valence-corrected chi connectivity index (χ1v) is 7.69. The quantitative estimate of drug-likeness (QED) is 0.899. The molecular weight excluding hydrogens is 304 g/mol. The lowest BCUT2D eigenvalue weighted by molar-refractivity contribution is 0.121. The first-order valence-electron chi connectivity index (χ1n) is 6.89. The van der Waals surface area contributed by atoms with E-state index in [0.717, 1.165) is 30.5 Å². The van der Waals surface area contributed by atoms with E-state index in [9.17, 15) is 0 Å². The number of ether oxygens (including phenoxy) is 1. The SMILES string of the molecule is COC1CCN(c2cc(Br)ccc2CNC(C)C)C1. The molecule has 0 saturated carbocycles. The Hall–Kier alpha value is -0.580. The molecule has 3 nitrogen and oxygen atoms in total. The highest BCUT2D eigenvalue weighted by atomic mass is 79.9. The van der Waals surface area contributed by atoms with Crippen molar-refractivity contribution in [3.05, 3.63) is 28.2 Å². The summed E-state index contributed by atoms with van der Waals surface area (Å²) in [5, 5.41) is 3.50. The molecule has 0 aromatic heterocycles. The molecule has 19 heavy (non-hydrogen) atoms. The van der Waals surface area contributed by atoms with Crippen molar-refractivity contribution in [2.45, 2.75) is 39.0 Å². The molecule has 0 spiro atoms. The maximum atomic E-state index is 5.46. The minimum absolute atomic E-state index is 0.366. The molecule has 1 N–H and O–H groups in total. The predicted octanol–water partition coefficient (Wildman–Crippen LogP) is 3.17. The lowest BCUT2D eigenvalue weighted by atomic mass is 10.1. The van der Waals surface area contributed by atoms with Crippen LogP contribution >= 0.6 is 15.9 Å². The Balaban J connectivity index is 2.15. The zero-order chi connectivity index (χ0) is 13.8. The van der Waals surface area contributed by atoms with Gasteiger partial charge in [0.2, 0.25) is 0 Å². The van der Waals surface area contributed by atoms with E-state index in [0.29, 0.717) is 12.1 Å². The molecule has 0 radical (unpaired) electrons. The zero-order valence-corrected chi connectivity index (χ0v) is 13.5. The second-order valence-electron chi connectivity index (χ2n) is 5.40. The van der Waals surface area contributed by atoms with Crippen LogP contribution in [0.2, 0.25) is 0 Å². The van der Waals surface area contributed by atoms with Crippen molar-refractivity contribution in [1.82, 2.24) is 5.32 Å². The normalized spacial score (nSPS) is 19.4. The molecule has 1 aromatic carbocycles. The van der Waals surface area contributed by atoms with Gasteiger partial charge in [-0.15, -0.1) is 0 Å². The van der Waals surface area contributed by atoms with Crippen LogP contribution in [-0.4, -0.2) is 32.3 Å². The second kappa shape index (κ2) is 6.73. The van der Waals surface area contributed by atoms with Crippen molar-refractivity contribution in [1.29, 1.82) is 0 Å². The van der Waals surface area contributed by atoms with E-state index in [1.807, 2.05) is 0 Å². The summed E-state index contributed by atoms with van der Waals surface area (Å²) in [7, 11) is 1.80. The molecule has 0 bridgehead atoms. The van der Waals surface area contributed by atoms with Crippen molar-refractivity contribution < 1.29 is 4.74 Å². The van der Waals surface area contributed by atoms with Gasteiger partial charge in [-0.1, -0.05) is 35.8 Å². The number of hydrogen-bond acceptors (Lipinski definition) is 3. The number of halogens is 1. The van der Waals surface area contributed by atoms with Crippen LogP contribution in [0.4, 0.5) is 5.69 Å². The Morgan fingerprint density at radius 1 is 1.47 bits per heavy atom. The van der Waals surface area contributed by atoms with Gasteiger partial charge in [0.25, 0.3) is 0 Å². The Bertz CT molecular complexity index is 423. The highest BCUT2D eigenvalue weighted by Gasteiger charge is 2.23. The number of rotatable bonds is 5. The van der Waals surface area contributed by atoms with Gasteiger partial charge >= 0.3 is 0 Å². The number of hydrogen-bond donors (Lipinski definition) is 1. The summed E-state index contributed by atoms with van der Waals surface area (Å²) in [6, 6.07) is 7.04. The van der Waals surface area contributed by atoms with E-state index >= 15 is 0 Å². The molecule has 0 amide bonds. The van der Waals surface area contributed by atoms with Crippen LogP contribution in [0.15, 0.2) is 22.7 Å². The third-order valence-electron chi connectivity index (χ3n) is 3.57. The van der Waals surface area contributed by atoms with Gasteiger partial charge in [0.15, 0.2) is 0 Å². The van der Waals surface area contributed by atoms with Crippen molar-refractivity contribution >= 4 is 21.6 Å². The highest BCUT2D eigenvalue weighted by molar-refractivity contribution is 9.10. The van der Waals surface area contributed by atoms with Crippen LogP contribution in [0, 0.1) is 0 Å². The summed E-state index contributed by atoms with van der Waals surface area (Å²) in [4.78, 5) is 2.43. The van der Waals surface area contributed by atoms with Crippen LogP contribution in [-0.2, 0) is 11.3 Å². The minimum atomic E-state index is 0.366. The van der Waals surface area contributed by atoms with Crippen molar-refractivity contribution in [2.24, 2.45) is 0 Å². The van der Waals surface area contributed by atoms with Crippen LogP contribution in [0.5, 0.6) is 0 Å². The van der Waals surface area contributed by atoms with E-state index in [1.165, 1.54) is 11.3 Å². The molecule has 0 aliphatic carbocycles. The molecule has 1 aliphatic heterocycles. The third-order valence-corrected chi connectivity index (χ3v) is 4.06. The van der Waals surface area contributed by atoms with E-state index in [1.54, 1.807) is 7.11 Å². The van der Waals surface area contributed by atoms with Crippen molar-refractivity contribution in [2.75, 3.05) is 25.1 Å². The van der Waals surface area contributed by atoms with Gasteiger partial charge < -0.3 is 15.0 Å². The summed E-state index contributed by atoms with van der Waals surface area (Å²) in [6.07, 6.45) is 1.48. The molecule has 1 saturated heterocycles. The van der Waals surface area contributed by atoms with E-state index in [2.05, 4.69) is 58.2 Å². The lowest BCUT2D eigenvalue weighted by Gasteiger charge is -2.23. The average Bonchev–Trinajstić information content (AvgIpc) is 2.85. The predicted molar refractivity (Wildman–Crippen MR) is 83.7 cm³/mol. The monoisotopic (exact) mass is 326 g/mol. The van der Waals surface area contributed by atoms with Gasteiger partial charge in [0, 0.05) is 42.9 Å². The minimum Gasteiger partial charge on any atom is -0.380 e. The molecule has 1 unspecified atom stereocenters. The molecule has 106 valence electrons. The Morgan fingerprint density at radius 2 is 2.26 bits per heavy atom. The summed E-state index contributed by atoms with van der Waals surface area (Å²) in [6.45, 7) is 7.32. The summed E-state index contributed by atoms with van der Waals surface area (Å²) in [5.41, 5.74) is 2.68. The van der Waals surface area contributed by atoms with Gasteiger partial charge in [-0.2, -0.15) is 0 Å². The van der Waals surface area contributed by atoms with Gasteiger partial charge in [-0.3, -0.25) is 0 Å². The standard InChI is InChI=1S/C15H23BrN2O/c1-11(2)17-9-12-4-5-13(16)8-15(12)18-7-6-14(10-18)19-3/h4-5,8,11,14,17H,6-7,9-10H2,1-3H3. The van der Waals surface area contributed by atoms with Gasteiger partial charge in [-0.05, 0) is 24.1 Å². The summed E-state index contributed by atoms with van der Waals surface area (Å²) in [5.74, 6) is 0. The number of nitrogens with one attached hydrogen (secondary N) is 1. The fourth-order valence-electron chi connectivity index (χ4n) is 2.43. The first kappa shape index (κ1) is 14.8. The average molecular weight is 327 g/mol. The highest BCUT2D eigenvalue weighted by Crippen LogP contribution is 2.28. The first-order chi connectivity index (χ1) is 9.10. The smallest absolute Gasteiger partial charge is 0.0762 e. The van der Waals surface area contributed by atoms with E-state index in [-0.39, 0.29) is 0 Å². The van der Waals surface area contributed by atoms with E-state index in [4.69, 9.17) is 4.74 Å². The largest absolute Gasteiger partial charge is 0.380 e. The number of methoxy groups -OCH3 is 1. The molecule has 1 aromatic rings. The van der Waals surface area contributed by atoms with Crippen LogP contribution in [0.1, 0.15) is 25.8 Å². The van der Waals surface area contributed by atoms with Crippen LogP contribution < -0.4 is 10.2 Å². The van der Waals surface area contributed by atoms with Gasteiger partial charge in [-0.25, -0.2) is 0 Å². The molecule has 1 fully saturated rings. The Morgan fingerprint density at radius 3 is 2.89 bits per heavy atom. The van der Waals surface area contributed by atoms with Gasteiger partial charge in [0.1, 0.15) is 0 Å². The molecule has 1 heterocycles. The molecule has 4 heteroatoms. The fourth-order valence-corrected chi connectivity index (χ4v) is 2.78. The third kappa shape index (κ3) is 3.94. The molecular formula is C15H23BrN2O. The molecule has 1 aliphatic rings. The van der Waals surface area contributed by atoms with Crippen LogP contribution in [0.25, 0.3) is 0 Å².